The van der Waals surface area contributed by atoms with Crippen LogP contribution < -0.4 is 5.73 Å². The number of pyridine rings is 2. The fourth-order valence-electron chi connectivity index (χ4n) is 1.93. The van der Waals surface area contributed by atoms with Crippen LogP contribution in [0.3, 0.4) is 0 Å². The van der Waals surface area contributed by atoms with E-state index in [0.29, 0.717) is 5.56 Å². The standard InChI is InChI=1S/C14H9F2N5/c15-9-5-19-6-10(16)12(9)14-13(21-11(17)7-20-14)8-2-1-3-18-4-8/h1-7H,(H2,17,21). The molecule has 0 aromatic carbocycles. The summed E-state index contributed by atoms with van der Waals surface area (Å²) < 4.78 is 27.8. The van der Waals surface area contributed by atoms with Gasteiger partial charge in [-0.3, -0.25) is 9.97 Å². The summed E-state index contributed by atoms with van der Waals surface area (Å²) in [7, 11) is 0. The van der Waals surface area contributed by atoms with Gasteiger partial charge in [-0.05, 0) is 12.1 Å². The molecule has 0 aliphatic rings. The second-order valence-electron chi connectivity index (χ2n) is 4.21. The first-order chi connectivity index (χ1) is 10.2. The number of anilines is 1. The van der Waals surface area contributed by atoms with E-state index in [4.69, 9.17) is 5.73 Å². The summed E-state index contributed by atoms with van der Waals surface area (Å²) in [6, 6.07) is 3.39. The van der Waals surface area contributed by atoms with E-state index in [9.17, 15) is 8.78 Å². The van der Waals surface area contributed by atoms with Crippen molar-refractivity contribution in [2.75, 3.05) is 5.73 Å². The van der Waals surface area contributed by atoms with Gasteiger partial charge in [0.1, 0.15) is 17.2 Å². The van der Waals surface area contributed by atoms with Gasteiger partial charge in [-0.15, -0.1) is 0 Å². The average Bonchev–Trinajstić information content (AvgIpc) is 2.49. The normalized spacial score (nSPS) is 10.6. The Bertz CT molecular complexity index is 772. The monoisotopic (exact) mass is 285 g/mol. The molecule has 0 radical (unpaired) electrons. The number of aromatic nitrogens is 4. The lowest BCUT2D eigenvalue weighted by molar-refractivity contribution is 0.578. The molecule has 0 saturated heterocycles. The van der Waals surface area contributed by atoms with Crippen molar-refractivity contribution in [3.63, 3.8) is 0 Å². The van der Waals surface area contributed by atoms with Crippen molar-refractivity contribution >= 4 is 5.82 Å². The van der Waals surface area contributed by atoms with E-state index >= 15 is 0 Å². The van der Waals surface area contributed by atoms with Crippen LogP contribution in [0.5, 0.6) is 0 Å². The van der Waals surface area contributed by atoms with Crippen molar-refractivity contribution in [3.05, 3.63) is 54.8 Å². The average molecular weight is 285 g/mol. The maximum absolute atomic E-state index is 13.9. The molecule has 7 heteroatoms. The molecule has 0 unspecified atom stereocenters. The molecule has 5 nitrogen and oxygen atoms in total. The molecule has 3 aromatic heterocycles. The molecule has 0 bridgehead atoms. The molecule has 2 N–H and O–H groups in total. The number of rotatable bonds is 2. The van der Waals surface area contributed by atoms with Gasteiger partial charge in [0.15, 0.2) is 11.6 Å². The lowest BCUT2D eigenvalue weighted by Gasteiger charge is -2.10. The minimum atomic E-state index is -0.820. The van der Waals surface area contributed by atoms with Gasteiger partial charge in [0.2, 0.25) is 0 Å². The van der Waals surface area contributed by atoms with Crippen LogP contribution in [0.25, 0.3) is 22.5 Å². The largest absolute Gasteiger partial charge is 0.382 e. The second kappa shape index (κ2) is 5.20. The topological polar surface area (TPSA) is 77.6 Å². The Kier molecular flexibility index (Phi) is 3.23. The van der Waals surface area contributed by atoms with Crippen LogP contribution in [0, 0.1) is 11.6 Å². The van der Waals surface area contributed by atoms with Gasteiger partial charge in [-0.1, -0.05) is 0 Å². The molecule has 3 aromatic rings. The number of hydrogen-bond donors (Lipinski definition) is 1. The summed E-state index contributed by atoms with van der Waals surface area (Å²) in [5.41, 5.74) is 6.20. The fourth-order valence-corrected chi connectivity index (χ4v) is 1.93. The third-order valence-electron chi connectivity index (χ3n) is 2.82. The highest BCUT2D eigenvalue weighted by atomic mass is 19.1. The summed E-state index contributed by atoms with van der Waals surface area (Å²) in [6.07, 6.45) is 6.18. The number of nitrogens with zero attached hydrogens (tertiary/aromatic N) is 4. The predicted octanol–water partition coefficient (Wildman–Crippen LogP) is 2.46. The smallest absolute Gasteiger partial charge is 0.153 e. The Labute approximate surface area is 118 Å². The summed E-state index contributed by atoms with van der Waals surface area (Å²) >= 11 is 0. The maximum atomic E-state index is 13.9. The fraction of sp³-hybridized carbons (Fsp3) is 0. The Morgan fingerprint density at radius 3 is 2.33 bits per heavy atom. The molecule has 0 fully saturated rings. The molecule has 0 saturated carbocycles. The van der Waals surface area contributed by atoms with Gasteiger partial charge in [0.25, 0.3) is 0 Å². The van der Waals surface area contributed by atoms with Gasteiger partial charge in [-0.25, -0.2) is 18.7 Å². The van der Waals surface area contributed by atoms with Crippen LogP contribution in [0.2, 0.25) is 0 Å². The number of hydrogen-bond acceptors (Lipinski definition) is 5. The molecular formula is C14H9F2N5. The third-order valence-corrected chi connectivity index (χ3v) is 2.82. The zero-order valence-electron chi connectivity index (χ0n) is 10.7. The van der Waals surface area contributed by atoms with Crippen molar-refractivity contribution in [1.82, 2.24) is 19.9 Å². The lowest BCUT2D eigenvalue weighted by atomic mass is 10.1. The summed E-state index contributed by atoms with van der Waals surface area (Å²) in [5, 5.41) is 0. The SMILES string of the molecule is Nc1cnc(-c2c(F)cncc2F)c(-c2cccnc2)n1. The highest BCUT2D eigenvalue weighted by molar-refractivity contribution is 5.78. The third kappa shape index (κ3) is 2.40. The molecule has 21 heavy (non-hydrogen) atoms. The molecule has 0 aliphatic carbocycles. The number of nitrogens with two attached hydrogens (primary N) is 1. The Hall–Kier alpha value is -2.96. The first kappa shape index (κ1) is 13.0. The van der Waals surface area contributed by atoms with Crippen LogP contribution in [0.4, 0.5) is 14.6 Å². The van der Waals surface area contributed by atoms with Crippen LogP contribution in [-0.2, 0) is 0 Å². The summed E-state index contributed by atoms with van der Waals surface area (Å²) in [5.74, 6) is -1.49. The zero-order chi connectivity index (χ0) is 14.8. The van der Waals surface area contributed by atoms with E-state index in [2.05, 4.69) is 19.9 Å². The van der Waals surface area contributed by atoms with E-state index in [0.717, 1.165) is 12.4 Å². The summed E-state index contributed by atoms with van der Waals surface area (Å²) in [4.78, 5) is 15.6. The van der Waals surface area contributed by atoms with E-state index in [1.165, 1.54) is 12.4 Å². The molecule has 3 heterocycles. The molecule has 104 valence electrons. The van der Waals surface area contributed by atoms with Crippen LogP contribution in [0.15, 0.2) is 43.1 Å². The Morgan fingerprint density at radius 2 is 1.67 bits per heavy atom. The van der Waals surface area contributed by atoms with E-state index < -0.39 is 11.6 Å². The quantitative estimate of drug-likeness (QED) is 0.782. The van der Waals surface area contributed by atoms with Gasteiger partial charge >= 0.3 is 0 Å². The highest BCUT2D eigenvalue weighted by Gasteiger charge is 2.19. The molecule has 0 atom stereocenters. The molecule has 0 aliphatic heterocycles. The summed E-state index contributed by atoms with van der Waals surface area (Å²) in [6.45, 7) is 0. The number of halogens is 2. The second-order valence-corrected chi connectivity index (χ2v) is 4.21. The molecule has 0 spiro atoms. The van der Waals surface area contributed by atoms with Crippen molar-refractivity contribution in [2.24, 2.45) is 0 Å². The first-order valence-corrected chi connectivity index (χ1v) is 5.99. The Morgan fingerprint density at radius 1 is 0.905 bits per heavy atom. The zero-order valence-corrected chi connectivity index (χ0v) is 10.7. The molecule has 0 amide bonds. The Balaban J connectivity index is 2.29. The maximum Gasteiger partial charge on any atom is 0.153 e. The van der Waals surface area contributed by atoms with Crippen molar-refractivity contribution < 1.29 is 8.78 Å². The minimum absolute atomic E-state index is 0.0506. The van der Waals surface area contributed by atoms with E-state index in [1.54, 1.807) is 18.3 Å². The van der Waals surface area contributed by atoms with Crippen molar-refractivity contribution in [3.8, 4) is 22.5 Å². The predicted molar refractivity (Wildman–Crippen MR) is 72.8 cm³/mol. The van der Waals surface area contributed by atoms with Crippen LogP contribution >= 0.6 is 0 Å². The van der Waals surface area contributed by atoms with Gasteiger partial charge in [-0.2, -0.15) is 0 Å². The van der Waals surface area contributed by atoms with Crippen molar-refractivity contribution in [1.29, 1.82) is 0 Å². The van der Waals surface area contributed by atoms with E-state index in [-0.39, 0.29) is 22.8 Å². The number of nitrogen functional groups attached to an aromatic ring is 1. The molecular weight excluding hydrogens is 276 g/mol. The van der Waals surface area contributed by atoms with Gasteiger partial charge in [0, 0.05) is 18.0 Å². The minimum Gasteiger partial charge on any atom is -0.382 e. The van der Waals surface area contributed by atoms with Crippen LogP contribution in [0.1, 0.15) is 0 Å². The first-order valence-electron chi connectivity index (χ1n) is 5.99. The molecule has 3 rings (SSSR count). The van der Waals surface area contributed by atoms with Crippen molar-refractivity contribution in [2.45, 2.75) is 0 Å². The van der Waals surface area contributed by atoms with Gasteiger partial charge in [0.05, 0.1) is 24.2 Å². The lowest BCUT2D eigenvalue weighted by Crippen LogP contribution is -2.01. The van der Waals surface area contributed by atoms with E-state index in [1.807, 2.05) is 0 Å². The van der Waals surface area contributed by atoms with Gasteiger partial charge < -0.3 is 5.73 Å². The highest BCUT2D eigenvalue weighted by Crippen LogP contribution is 2.31. The van der Waals surface area contributed by atoms with Crippen LogP contribution in [-0.4, -0.2) is 19.9 Å².